The Labute approximate surface area is 334 Å². The molecule has 0 radical (unpaired) electrons. The van der Waals surface area contributed by atoms with Gasteiger partial charge < -0.3 is 53.3 Å². The van der Waals surface area contributed by atoms with Crippen LogP contribution in [0.25, 0.3) is 0 Å². The molecule has 12 heteroatoms. The van der Waals surface area contributed by atoms with Crippen LogP contribution in [0.2, 0.25) is 0 Å². The number of aliphatic hydroxyl groups is 2. The molecule has 6 aliphatic rings. The topological polar surface area (TPSA) is 145 Å². The number of carbonyl (C=O) groups excluding carboxylic acids is 1. The van der Waals surface area contributed by atoms with Gasteiger partial charge in [-0.15, -0.1) is 0 Å². The molecule has 0 amide bonds. The van der Waals surface area contributed by atoms with Crippen LogP contribution in [0.15, 0.2) is 0 Å². The molecule has 11 nitrogen and oxygen atoms in total. The summed E-state index contributed by atoms with van der Waals surface area (Å²) in [6.07, 6.45) is 5.62. The minimum atomic E-state index is -1.55. The van der Waals surface area contributed by atoms with Crippen LogP contribution in [0.5, 0.6) is 0 Å². The van der Waals surface area contributed by atoms with Crippen molar-refractivity contribution in [2.24, 2.45) is 41.4 Å². The first-order valence-corrected chi connectivity index (χ1v) is 20.0. The molecule has 6 saturated heterocycles. The Morgan fingerprint density at radius 2 is 1.60 bits per heavy atom. The fourth-order valence-electron chi connectivity index (χ4n) is 11.3. The molecule has 0 aliphatic carbocycles. The third-order valence-corrected chi connectivity index (χ3v) is 14.4. The molecule has 294 valence electrons. The molecule has 0 aromatic carbocycles. The van der Waals surface area contributed by atoms with E-state index in [1.54, 1.807) is 14.0 Å². The number of aliphatic hydroxyl groups excluding tert-OH is 1. The molecule has 0 aromatic heterocycles. The fourth-order valence-corrected chi connectivity index (χ4v) is 11.3. The van der Waals surface area contributed by atoms with Gasteiger partial charge in [0.25, 0.3) is 0 Å². The molecular weight excluding hydrogens is 679 g/mol. The summed E-state index contributed by atoms with van der Waals surface area (Å²) < 4.78 is 46.9. The summed E-state index contributed by atoms with van der Waals surface area (Å²) in [4.78, 5) is 11.7. The Kier molecular flexibility index (Phi) is 13.4. The number of carboxylic acids is 1. The smallest absolute Gasteiger partial charge is 0.550 e. The van der Waals surface area contributed by atoms with Crippen molar-refractivity contribution in [3.8, 4) is 0 Å². The monoisotopic (exact) mass is 746 g/mol. The first-order valence-electron chi connectivity index (χ1n) is 20.0. The summed E-state index contributed by atoms with van der Waals surface area (Å²) in [5.41, 5.74) is -1.11. The van der Waals surface area contributed by atoms with Crippen LogP contribution in [0.1, 0.15) is 120 Å². The standard InChI is InChI=1S/C40H68O11.Na/c1-21-11-12-28(46-33(21)26(6)36(42)43)17-29-18-30(45-10)27(7)40(48-29)25(5)19-38(9,51-40)32-13-14-37(8,49-32)35-23(3)16-31(47-35)34-22(2)15-24(4)39(44,20-41)50-34;/h21-35,41,44H,11-20H2,1-10H3,(H,42,43);/q;+1/p-1/t21-,22-,23-,24+,25+,26+,27+,28+,29+,30+,31+,32+,33+,34-,35+,37-,38-,39-,40+;/m0./s1. The molecule has 19 atom stereocenters. The molecule has 0 saturated carbocycles. The number of carboxylic acid groups (broad SMARTS) is 1. The zero-order valence-electron chi connectivity index (χ0n) is 33.8. The second-order valence-corrected chi connectivity index (χ2v) is 18.4. The van der Waals surface area contributed by atoms with Gasteiger partial charge in [-0.3, -0.25) is 0 Å². The predicted molar refractivity (Wildman–Crippen MR) is 186 cm³/mol. The van der Waals surface area contributed by atoms with Gasteiger partial charge in [0.2, 0.25) is 0 Å². The third-order valence-electron chi connectivity index (χ3n) is 14.4. The zero-order chi connectivity index (χ0) is 37.3. The van der Waals surface area contributed by atoms with E-state index in [9.17, 15) is 20.1 Å². The van der Waals surface area contributed by atoms with Crippen molar-refractivity contribution in [2.75, 3.05) is 13.7 Å². The van der Waals surface area contributed by atoms with E-state index in [1.165, 1.54) is 0 Å². The molecule has 6 fully saturated rings. The summed E-state index contributed by atoms with van der Waals surface area (Å²) in [6, 6.07) is 0. The normalized spacial score (nSPS) is 53.2. The second kappa shape index (κ2) is 16.2. The van der Waals surface area contributed by atoms with E-state index in [4.69, 9.17) is 33.2 Å². The van der Waals surface area contributed by atoms with Crippen LogP contribution in [0.3, 0.4) is 0 Å². The first kappa shape index (κ1) is 43.2. The quantitative estimate of drug-likeness (QED) is 0.331. The Bertz CT molecular complexity index is 1240. The average molecular weight is 747 g/mol. The Hall–Kier alpha value is 0.110. The molecule has 6 heterocycles. The van der Waals surface area contributed by atoms with E-state index in [1.807, 2.05) is 6.92 Å². The minimum Gasteiger partial charge on any atom is -0.550 e. The third kappa shape index (κ3) is 7.85. The van der Waals surface area contributed by atoms with E-state index >= 15 is 0 Å². The summed E-state index contributed by atoms with van der Waals surface area (Å²) in [5.74, 6) is -3.70. The summed E-state index contributed by atoms with van der Waals surface area (Å²) in [7, 11) is 1.76. The van der Waals surface area contributed by atoms with Gasteiger partial charge in [0, 0.05) is 49.6 Å². The fraction of sp³-hybridized carbons (Fsp3) is 0.975. The van der Waals surface area contributed by atoms with Gasteiger partial charge in [0.05, 0.1) is 66.6 Å². The summed E-state index contributed by atoms with van der Waals surface area (Å²) in [6.45, 7) is 18.3. The molecule has 52 heavy (non-hydrogen) atoms. The van der Waals surface area contributed by atoms with Gasteiger partial charge in [0.1, 0.15) is 0 Å². The van der Waals surface area contributed by atoms with Crippen LogP contribution >= 0.6 is 0 Å². The van der Waals surface area contributed by atoms with Crippen LogP contribution < -0.4 is 34.7 Å². The first-order chi connectivity index (χ1) is 23.9. The molecule has 0 unspecified atom stereocenters. The van der Waals surface area contributed by atoms with Crippen LogP contribution in [-0.4, -0.2) is 102 Å². The van der Waals surface area contributed by atoms with Crippen molar-refractivity contribution in [1.29, 1.82) is 0 Å². The molecule has 0 aromatic rings. The molecular formula is C40H67NaO11. The number of methoxy groups -OCH3 is 1. The maximum absolute atomic E-state index is 11.7. The van der Waals surface area contributed by atoms with E-state index in [0.29, 0.717) is 6.42 Å². The minimum absolute atomic E-state index is 0. The summed E-state index contributed by atoms with van der Waals surface area (Å²) in [5, 5.41) is 32.7. The second-order valence-electron chi connectivity index (χ2n) is 18.4. The van der Waals surface area contributed by atoms with Crippen molar-refractivity contribution in [1.82, 2.24) is 0 Å². The molecule has 6 aliphatic heterocycles. The van der Waals surface area contributed by atoms with Gasteiger partial charge in [0.15, 0.2) is 11.6 Å². The zero-order valence-corrected chi connectivity index (χ0v) is 35.8. The van der Waals surface area contributed by atoms with Crippen molar-refractivity contribution in [3.63, 3.8) is 0 Å². The maximum Gasteiger partial charge on any atom is 1.00 e. The average Bonchev–Trinajstić information content (AvgIpc) is 3.75. The van der Waals surface area contributed by atoms with E-state index in [0.717, 1.165) is 51.4 Å². The van der Waals surface area contributed by atoms with Gasteiger partial charge >= 0.3 is 29.6 Å². The van der Waals surface area contributed by atoms with Crippen molar-refractivity contribution in [3.05, 3.63) is 0 Å². The Balaban J connectivity index is 0.00000523. The van der Waals surface area contributed by atoms with Gasteiger partial charge in [-0.1, -0.05) is 48.5 Å². The molecule has 0 bridgehead atoms. The van der Waals surface area contributed by atoms with Gasteiger partial charge in [-0.25, -0.2) is 0 Å². The van der Waals surface area contributed by atoms with Crippen molar-refractivity contribution in [2.45, 2.75) is 192 Å². The maximum atomic E-state index is 11.7. The largest absolute Gasteiger partial charge is 1.00 e. The van der Waals surface area contributed by atoms with Crippen LogP contribution in [0, 0.1) is 41.4 Å². The van der Waals surface area contributed by atoms with E-state index in [2.05, 4.69) is 48.5 Å². The van der Waals surface area contributed by atoms with Crippen LogP contribution in [-0.2, 0) is 38.0 Å². The van der Waals surface area contributed by atoms with Crippen molar-refractivity contribution >= 4 is 5.97 Å². The summed E-state index contributed by atoms with van der Waals surface area (Å²) >= 11 is 0. The SMILES string of the molecule is CO[C@@H]1C[C@@H](C[C@H]2CC[C@H](C)[C@H]([C@@H](C)C(=O)[O-])O2)O[C@]2(O[C@](C)([C@H]3CC[C@@](C)([C@@H]4O[C@@H]([C@H]5O[C@@](O)(CO)[C@H](C)C[C@@H]5C)C[C@@H]4C)O3)C[C@H]2C)[C@@H]1C.[Na+]. The molecule has 1 spiro atoms. The number of hydrogen-bond acceptors (Lipinski definition) is 11. The van der Waals surface area contributed by atoms with E-state index in [-0.39, 0.29) is 114 Å². The van der Waals surface area contributed by atoms with Crippen molar-refractivity contribution < 1.29 is 82.8 Å². The number of aliphatic carboxylic acids is 1. The Morgan fingerprint density at radius 3 is 2.25 bits per heavy atom. The van der Waals surface area contributed by atoms with Gasteiger partial charge in [-0.05, 0) is 76.5 Å². The molecule has 6 rings (SSSR count). The number of carbonyl (C=O) groups is 1. The number of rotatable bonds is 9. The predicted octanol–water partition coefficient (Wildman–Crippen LogP) is 1.37. The van der Waals surface area contributed by atoms with Gasteiger partial charge in [-0.2, -0.15) is 0 Å². The van der Waals surface area contributed by atoms with E-state index < -0.39 is 41.3 Å². The number of ether oxygens (including phenoxy) is 7. The van der Waals surface area contributed by atoms with Crippen LogP contribution in [0.4, 0.5) is 0 Å². The Morgan fingerprint density at radius 1 is 0.885 bits per heavy atom. The molecule has 2 N–H and O–H groups in total. The number of hydrogen-bond donors (Lipinski definition) is 2.